The van der Waals surface area contributed by atoms with E-state index in [9.17, 15) is 0 Å². The smallest absolute Gasteiger partial charge is 0.167 e. The van der Waals surface area contributed by atoms with Gasteiger partial charge in [-0.05, 0) is 19.8 Å². The van der Waals surface area contributed by atoms with Gasteiger partial charge in [-0.1, -0.05) is 26.7 Å². The molecule has 86 valence electrons. The van der Waals surface area contributed by atoms with Gasteiger partial charge < -0.3 is 9.47 Å². The zero-order valence-electron chi connectivity index (χ0n) is 10.3. The SMILES string of the molecule is CCCCC(CCCC)(OC)OCC. The minimum absolute atomic E-state index is 0.305. The van der Waals surface area contributed by atoms with Crippen LogP contribution in [-0.2, 0) is 9.47 Å². The van der Waals surface area contributed by atoms with Crippen LogP contribution in [-0.4, -0.2) is 19.5 Å². The van der Waals surface area contributed by atoms with E-state index in [0.717, 1.165) is 19.4 Å². The van der Waals surface area contributed by atoms with Crippen molar-refractivity contribution in [1.82, 2.24) is 0 Å². The van der Waals surface area contributed by atoms with Crippen LogP contribution in [0.1, 0.15) is 59.3 Å². The van der Waals surface area contributed by atoms with Crippen LogP contribution in [0.2, 0.25) is 0 Å². The molecule has 0 saturated carbocycles. The van der Waals surface area contributed by atoms with Gasteiger partial charge >= 0.3 is 0 Å². The summed E-state index contributed by atoms with van der Waals surface area (Å²) in [4.78, 5) is 0. The van der Waals surface area contributed by atoms with E-state index in [-0.39, 0.29) is 5.79 Å². The van der Waals surface area contributed by atoms with E-state index in [1.54, 1.807) is 7.11 Å². The Kier molecular flexibility index (Phi) is 8.20. The minimum atomic E-state index is -0.305. The molecule has 0 N–H and O–H groups in total. The molecule has 0 saturated heterocycles. The van der Waals surface area contributed by atoms with Gasteiger partial charge in [0.05, 0.1) is 0 Å². The van der Waals surface area contributed by atoms with E-state index in [1.165, 1.54) is 25.7 Å². The third kappa shape index (κ3) is 4.97. The van der Waals surface area contributed by atoms with Gasteiger partial charge in [0, 0.05) is 26.6 Å². The lowest BCUT2D eigenvalue weighted by Crippen LogP contribution is -2.35. The van der Waals surface area contributed by atoms with Gasteiger partial charge in [-0.25, -0.2) is 0 Å². The van der Waals surface area contributed by atoms with Crippen molar-refractivity contribution in [2.24, 2.45) is 0 Å². The molecule has 0 aromatic carbocycles. The molecular formula is C12H26O2. The second kappa shape index (κ2) is 8.25. The monoisotopic (exact) mass is 202 g/mol. The number of unbranched alkanes of at least 4 members (excludes halogenated alkanes) is 2. The van der Waals surface area contributed by atoms with Gasteiger partial charge in [0.15, 0.2) is 5.79 Å². The van der Waals surface area contributed by atoms with Crippen LogP contribution in [0.5, 0.6) is 0 Å². The summed E-state index contributed by atoms with van der Waals surface area (Å²) in [6, 6.07) is 0. The molecule has 0 radical (unpaired) electrons. The highest BCUT2D eigenvalue weighted by molar-refractivity contribution is 4.69. The predicted molar refractivity (Wildman–Crippen MR) is 60.4 cm³/mol. The predicted octanol–water partition coefficient (Wildman–Crippen LogP) is 3.75. The standard InChI is InChI=1S/C12H26O2/c1-5-8-10-12(13-4,14-7-3)11-9-6-2/h5-11H2,1-4H3. The van der Waals surface area contributed by atoms with Crippen LogP contribution in [0.25, 0.3) is 0 Å². The average Bonchev–Trinajstić information content (AvgIpc) is 2.22. The molecule has 0 aromatic rings. The number of ether oxygens (including phenoxy) is 2. The third-order valence-corrected chi connectivity index (χ3v) is 2.60. The van der Waals surface area contributed by atoms with Crippen molar-refractivity contribution < 1.29 is 9.47 Å². The summed E-state index contributed by atoms with van der Waals surface area (Å²) < 4.78 is 11.3. The molecule has 0 rings (SSSR count). The van der Waals surface area contributed by atoms with Crippen LogP contribution in [0.4, 0.5) is 0 Å². The van der Waals surface area contributed by atoms with E-state index in [4.69, 9.17) is 9.47 Å². The molecule has 0 spiro atoms. The summed E-state index contributed by atoms with van der Waals surface area (Å²) in [6.45, 7) is 7.17. The first kappa shape index (κ1) is 13.9. The molecule has 2 nitrogen and oxygen atoms in total. The van der Waals surface area contributed by atoms with Gasteiger partial charge in [-0.3, -0.25) is 0 Å². The van der Waals surface area contributed by atoms with Crippen LogP contribution in [0.3, 0.4) is 0 Å². The Balaban J connectivity index is 4.11. The van der Waals surface area contributed by atoms with Crippen LogP contribution in [0, 0.1) is 0 Å². The number of methoxy groups -OCH3 is 1. The van der Waals surface area contributed by atoms with E-state index >= 15 is 0 Å². The first-order valence-electron chi connectivity index (χ1n) is 5.93. The summed E-state index contributed by atoms with van der Waals surface area (Å²) in [5.41, 5.74) is 0. The fourth-order valence-electron chi connectivity index (χ4n) is 1.69. The molecule has 2 heteroatoms. The Hall–Kier alpha value is -0.0800. The largest absolute Gasteiger partial charge is 0.353 e. The molecule has 0 unspecified atom stereocenters. The van der Waals surface area contributed by atoms with Gasteiger partial charge in [-0.15, -0.1) is 0 Å². The third-order valence-electron chi connectivity index (χ3n) is 2.60. The fourth-order valence-corrected chi connectivity index (χ4v) is 1.69. The molecule has 0 aromatic heterocycles. The Labute approximate surface area is 89.0 Å². The number of hydrogen-bond acceptors (Lipinski definition) is 2. The maximum Gasteiger partial charge on any atom is 0.167 e. The summed E-state index contributed by atoms with van der Waals surface area (Å²) in [6.07, 6.45) is 6.80. The van der Waals surface area contributed by atoms with Crippen LogP contribution < -0.4 is 0 Å². The normalized spacial score (nSPS) is 12.0. The lowest BCUT2D eigenvalue weighted by Gasteiger charge is -2.32. The average molecular weight is 202 g/mol. The molecule has 0 aliphatic rings. The maximum atomic E-state index is 5.76. The Morgan fingerprint density at radius 1 is 0.929 bits per heavy atom. The van der Waals surface area contributed by atoms with Crippen LogP contribution >= 0.6 is 0 Å². The summed E-state index contributed by atoms with van der Waals surface area (Å²) >= 11 is 0. The molecule has 0 aliphatic carbocycles. The van der Waals surface area contributed by atoms with Crippen molar-refractivity contribution in [1.29, 1.82) is 0 Å². The van der Waals surface area contributed by atoms with Crippen LogP contribution in [0.15, 0.2) is 0 Å². The maximum absolute atomic E-state index is 5.76. The van der Waals surface area contributed by atoms with Crippen molar-refractivity contribution in [3.8, 4) is 0 Å². The molecule has 0 heterocycles. The topological polar surface area (TPSA) is 18.5 Å². The minimum Gasteiger partial charge on any atom is -0.353 e. The molecule has 0 fully saturated rings. The Morgan fingerprint density at radius 3 is 1.71 bits per heavy atom. The molecule has 0 amide bonds. The van der Waals surface area contributed by atoms with Gasteiger partial charge in [0.1, 0.15) is 0 Å². The Bertz CT molecular complexity index is 115. The number of rotatable bonds is 9. The molecule has 0 aliphatic heterocycles. The van der Waals surface area contributed by atoms with E-state index in [0.29, 0.717) is 0 Å². The number of hydrogen-bond donors (Lipinski definition) is 0. The second-order valence-corrected chi connectivity index (χ2v) is 3.75. The van der Waals surface area contributed by atoms with E-state index in [2.05, 4.69) is 13.8 Å². The van der Waals surface area contributed by atoms with Crippen molar-refractivity contribution in [2.75, 3.05) is 13.7 Å². The highest BCUT2D eigenvalue weighted by Crippen LogP contribution is 2.26. The zero-order valence-corrected chi connectivity index (χ0v) is 10.3. The molecule has 0 bridgehead atoms. The van der Waals surface area contributed by atoms with Gasteiger partial charge in [0.2, 0.25) is 0 Å². The molecular weight excluding hydrogens is 176 g/mol. The highest BCUT2D eigenvalue weighted by atomic mass is 16.7. The zero-order chi connectivity index (χ0) is 10.9. The fraction of sp³-hybridized carbons (Fsp3) is 1.00. The van der Waals surface area contributed by atoms with Crippen molar-refractivity contribution in [3.05, 3.63) is 0 Å². The van der Waals surface area contributed by atoms with Crippen molar-refractivity contribution in [2.45, 2.75) is 65.1 Å². The van der Waals surface area contributed by atoms with Gasteiger partial charge in [0.25, 0.3) is 0 Å². The van der Waals surface area contributed by atoms with Crippen molar-refractivity contribution >= 4 is 0 Å². The summed E-state index contributed by atoms with van der Waals surface area (Å²) in [7, 11) is 1.76. The van der Waals surface area contributed by atoms with E-state index < -0.39 is 0 Å². The lowest BCUT2D eigenvalue weighted by molar-refractivity contribution is -0.229. The first-order valence-corrected chi connectivity index (χ1v) is 5.93. The quantitative estimate of drug-likeness (QED) is 0.530. The summed E-state index contributed by atoms with van der Waals surface area (Å²) in [5, 5.41) is 0. The summed E-state index contributed by atoms with van der Waals surface area (Å²) in [5.74, 6) is -0.305. The Morgan fingerprint density at radius 2 is 1.43 bits per heavy atom. The lowest BCUT2D eigenvalue weighted by atomic mass is 10.0. The van der Waals surface area contributed by atoms with Gasteiger partial charge in [-0.2, -0.15) is 0 Å². The molecule has 14 heavy (non-hydrogen) atoms. The van der Waals surface area contributed by atoms with E-state index in [1.807, 2.05) is 6.92 Å². The van der Waals surface area contributed by atoms with Crippen molar-refractivity contribution in [3.63, 3.8) is 0 Å². The highest BCUT2D eigenvalue weighted by Gasteiger charge is 2.28. The molecule has 0 atom stereocenters. The second-order valence-electron chi connectivity index (χ2n) is 3.75. The first-order chi connectivity index (χ1) is 6.74.